The Kier molecular flexibility index (Phi) is 3.03. The maximum atomic E-state index is 10.9. The Morgan fingerprint density at radius 2 is 1.71 bits per heavy atom. The van der Waals surface area contributed by atoms with Crippen LogP contribution in [-0.4, -0.2) is 11.1 Å². The Balaban J connectivity index is 2.56. The minimum Gasteiger partial charge on any atom is -0.477 e. The number of carbonyl (C=O) groups is 1. The summed E-state index contributed by atoms with van der Waals surface area (Å²) < 4.78 is 0. The van der Waals surface area contributed by atoms with E-state index >= 15 is 0 Å². The minimum atomic E-state index is -0.858. The molecule has 2 nitrogen and oxygen atoms in total. The second kappa shape index (κ2) is 4.34. The highest BCUT2D eigenvalue weighted by Gasteiger charge is 2.12. The molecule has 1 N–H and O–H groups in total. The summed E-state index contributed by atoms with van der Waals surface area (Å²) in [6.07, 6.45) is 0. The van der Waals surface area contributed by atoms with Crippen LogP contribution >= 0.6 is 11.3 Å². The molecular formula is C14H14O2S. The zero-order valence-corrected chi connectivity index (χ0v) is 10.9. The summed E-state index contributed by atoms with van der Waals surface area (Å²) in [4.78, 5) is 12.3. The maximum absolute atomic E-state index is 10.9. The highest BCUT2D eigenvalue weighted by atomic mass is 32.1. The number of thiophene rings is 1. The quantitative estimate of drug-likeness (QED) is 0.868. The lowest BCUT2D eigenvalue weighted by atomic mass is 9.99. The van der Waals surface area contributed by atoms with E-state index in [1.165, 1.54) is 28.0 Å². The Morgan fingerprint density at radius 3 is 2.18 bits per heavy atom. The van der Waals surface area contributed by atoms with E-state index in [9.17, 15) is 4.79 Å². The van der Waals surface area contributed by atoms with Crippen molar-refractivity contribution in [2.45, 2.75) is 20.8 Å². The monoisotopic (exact) mass is 246 g/mol. The molecule has 17 heavy (non-hydrogen) atoms. The number of carboxylic acids is 1. The van der Waals surface area contributed by atoms with Crippen LogP contribution in [0.2, 0.25) is 0 Å². The fourth-order valence-corrected chi connectivity index (χ4v) is 3.18. The average Bonchev–Trinajstić information content (AvgIpc) is 2.65. The van der Waals surface area contributed by atoms with Crippen molar-refractivity contribution < 1.29 is 9.90 Å². The van der Waals surface area contributed by atoms with Crippen molar-refractivity contribution in [1.82, 2.24) is 0 Å². The van der Waals surface area contributed by atoms with E-state index in [-0.39, 0.29) is 0 Å². The van der Waals surface area contributed by atoms with Gasteiger partial charge in [0.15, 0.2) is 0 Å². The Morgan fingerprint density at radius 1 is 1.12 bits per heavy atom. The van der Waals surface area contributed by atoms with E-state index in [4.69, 9.17) is 5.11 Å². The third-order valence-electron chi connectivity index (χ3n) is 2.74. The van der Waals surface area contributed by atoms with Crippen molar-refractivity contribution in [3.05, 3.63) is 45.8 Å². The third kappa shape index (κ3) is 2.24. The van der Waals surface area contributed by atoms with Gasteiger partial charge in [0.2, 0.25) is 0 Å². The summed E-state index contributed by atoms with van der Waals surface area (Å²) in [6.45, 7) is 6.20. The summed E-state index contributed by atoms with van der Waals surface area (Å²) in [5.74, 6) is -0.858. The first kappa shape index (κ1) is 11.9. The molecule has 3 heteroatoms. The van der Waals surface area contributed by atoms with E-state index in [1.807, 2.05) is 6.07 Å². The van der Waals surface area contributed by atoms with E-state index in [0.717, 1.165) is 10.4 Å². The van der Waals surface area contributed by atoms with Crippen LogP contribution in [0.3, 0.4) is 0 Å². The summed E-state index contributed by atoms with van der Waals surface area (Å²) in [5.41, 5.74) is 4.79. The smallest absolute Gasteiger partial charge is 0.345 e. The molecule has 88 valence electrons. The lowest BCUT2D eigenvalue weighted by Crippen LogP contribution is -1.90. The predicted molar refractivity (Wildman–Crippen MR) is 70.9 cm³/mol. The summed E-state index contributed by atoms with van der Waals surface area (Å²) in [7, 11) is 0. The van der Waals surface area contributed by atoms with Crippen LogP contribution < -0.4 is 0 Å². The molecular weight excluding hydrogens is 232 g/mol. The summed E-state index contributed by atoms with van der Waals surface area (Å²) in [6, 6.07) is 7.81. The molecule has 0 amide bonds. The molecule has 0 aliphatic rings. The second-order valence-corrected chi connectivity index (χ2v) is 5.33. The van der Waals surface area contributed by atoms with Gasteiger partial charge in [0.1, 0.15) is 4.88 Å². The van der Waals surface area contributed by atoms with Gasteiger partial charge in [-0.1, -0.05) is 17.7 Å². The number of hydrogen-bond donors (Lipinski definition) is 1. The SMILES string of the molecule is Cc1cc(C)c(-c2ccc(C(=O)O)s2)c(C)c1. The lowest BCUT2D eigenvalue weighted by Gasteiger charge is -2.09. The molecule has 1 heterocycles. The van der Waals surface area contributed by atoms with Crippen LogP contribution in [0.1, 0.15) is 26.4 Å². The van der Waals surface area contributed by atoms with Crippen LogP contribution in [0.4, 0.5) is 0 Å². The van der Waals surface area contributed by atoms with Crippen molar-refractivity contribution in [1.29, 1.82) is 0 Å². The number of rotatable bonds is 2. The molecule has 0 spiro atoms. The Labute approximate surface area is 105 Å². The highest BCUT2D eigenvalue weighted by molar-refractivity contribution is 7.17. The van der Waals surface area contributed by atoms with Crippen molar-refractivity contribution >= 4 is 17.3 Å². The normalized spacial score (nSPS) is 10.5. The molecule has 0 atom stereocenters. The van der Waals surface area contributed by atoms with Gasteiger partial charge < -0.3 is 5.11 Å². The molecule has 0 aliphatic heterocycles. The van der Waals surface area contributed by atoms with Gasteiger partial charge in [0.05, 0.1) is 0 Å². The highest BCUT2D eigenvalue weighted by Crippen LogP contribution is 2.33. The molecule has 2 aromatic rings. The standard InChI is InChI=1S/C14H14O2S/c1-8-6-9(2)13(10(3)7-8)11-4-5-12(17-11)14(15)16/h4-7H,1-3H3,(H,15,16). The number of benzene rings is 1. The van der Waals surface area contributed by atoms with Crippen LogP contribution in [0, 0.1) is 20.8 Å². The second-order valence-electron chi connectivity index (χ2n) is 4.24. The van der Waals surface area contributed by atoms with Crippen LogP contribution in [-0.2, 0) is 0 Å². The van der Waals surface area contributed by atoms with Gasteiger partial charge in [0.25, 0.3) is 0 Å². The Hall–Kier alpha value is -1.61. The minimum absolute atomic E-state index is 0.388. The molecule has 0 fully saturated rings. The number of aryl methyl sites for hydroxylation is 3. The van der Waals surface area contributed by atoms with Gasteiger partial charge in [-0.2, -0.15) is 0 Å². The van der Waals surface area contributed by atoms with E-state index in [0.29, 0.717) is 4.88 Å². The number of aromatic carboxylic acids is 1. The van der Waals surface area contributed by atoms with E-state index < -0.39 is 5.97 Å². The molecule has 0 unspecified atom stereocenters. The molecule has 1 aromatic heterocycles. The van der Waals surface area contributed by atoms with Crippen LogP contribution in [0.15, 0.2) is 24.3 Å². The zero-order chi connectivity index (χ0) is 12.6. The third-order valence-corrected chi connectivity index (χ3v) is 3.83. The predicted octanol–water partition coefficient (Wildman–Crippen LogP) is 4.04. The van der Waals surface area contributed by atoms with Gasteiger partial charge in [-0.05, 0) is 49.6 Å². The largest absolute Gasteiger partial charge is 0.477 e. The van der Waals surface area contributed by atoms with Crippen LogP contribution in [0.5, 0.6) is 0 Å². The van der Waals surface area contributed by atoms with Crippen LogP contribution in [0.25, 0.3) is 10.4 Å². The fraction of sp³-hybridized carbons (Fsp3) is 0.214. The summed E-state index contributed by atoms with van der Waals surface area (Å²) >= 11 is 1.33. The zero-order valence-electron chi connectivity index (χ0n) is 10.1. The lowest BCUT2D eigenvalue weighted by molar-refractivity contribution is 0.0702. The molecule has 0 bridgehead atoms. The molecule has 0 saturated carbocycles. The Bertz CT molecular complexity index is 559. The number of carboxylic acid groups (broad SMARTS) is 1. The first-order valence-corrected chi connectivity index (χ1v) is 6.22. The van der Waals surface area contributed by atoms with Crippen molar-refractivity contribution in [3.8, 4) is 10.4 Å². The molecule has 0 aliphatic carbocycles. The molecule has 0 saturated heterocycles. The van der Waals surface area contributed by atoms with Gasteiger partial charge in [-0.15, -0.1) is 11.3 Å². The molecule has 1 aromatic carbocycles. The first-order valence-electron chi connectivity index (χ1n) is 5.40. The molecule has 2 rings (SSSR count). The average molecular weight is 246 g/mol. The van der Waals surface area contributed by atoms with Crippen molar-refractivity contribution in [2.24, 2.45) is 0 Å². The maximum Gasteiger partial charge on any atom is 0.345 e. The topological polar surface area (TPSA) is 37.3 Å². The van der Waals surface area contributed by atoms with Crippen molar-refractivity contribution in [2.75, 3.05) is 0 Å². The first-order chi connectivity index (χ1) is 7.99. The summed E-state index contributed by atoms with van der Waals surface area (Å²) in [5, 5.41) is 8.94. The fourth-order valence-electron chi connectivity index (χ4n) is 2.16. The number of hydrogen-bond acceptors (Lipinski definition) is 2. The van der Waals surface area contributed by atoms with Gasteiger partial charge in [-0.3, -0.25) is 0 Å². The molecule has 0 radical (unpaired) electrons. The van der Waals surface area contributed by atoms with Gasteiger partial charge >= 0.3 is 5.97 Å². The van der Waals surface area contributed by atoms with Gasteiger partial charge in [-0.25, -0.2) is 4.79 Å². The van der Waals surface area contributed by atoms with E-state index in [2.05, 4.69) is 32.9 Å². The van der Waals surface area contributed by atoms with Crippen molar-refractivity contribution in [3.63, 3.8) is 0 Å². The van der Waals surface area contributed by atoms with Gasteiger partial charge in [0, 0.05) is 4.88 Å². The van der Waals surface area contributed by atoms with E-state index in [1.54, 1.807) is 6.07 Å².